The fourth-order valence-electron chi connectivity index (χ4n) is 1.85. The smallest absolute Gasteiger partial charge is 0.265 e. The molecule has 0 heterocycles. The molecule has 2 aromatic carbocycles. The van der Waals surface area contributed by atoms with Crippen LogP contribution in [0, 0.1) is 5.82 Å². The molecule has 23 heavy (non-hydrogen) atoms. The van der Waals surface area contributed by atoms with Gasteiger partial charge in [0.25, 0.3) is 5.91 Å². The van der Waals surface area contributed by atoms with Gasteiger partial charge in [-0.3, -0.25) is 9.59 Å². The average Bonchev–Trinajstić information content (AvgIpc) is 2.50. The van der Waals surface area contributed by atoms with E-state index in [2.05, 4.69) is 5.32 Å². The number of halogens is 2. The van der Waals surface area contributed by atoms with Gasteiger partial charge in [-0.05, 0) is 56.3 Å². The zero-order chi connectivity index (χ0) is 17.0. The Morgan fingerprint density at radius 1 is 1.17 bits per heavy atom. The van der Waals surface area contributed by atoms with Crippen molar-refractivity contribution in [2.45, 2.75) is 20.0 Å². The molecule has 0 saturated heterocycles. The SMILES string of the molecule is CC(=O)c1ccc(OC(C)C(=O)Nc2ccc(F)cc2Cl)cc1. The highest BCUT2D eigenvalue weighted by Gasteiger charge is 2.16. The molecule has 1 unspecified atom stereocenters. The molecule has 0 saturated carbocycles. The first-order valence-corrected chi connectivity index (χ1v) is 7.28. The van der Waals surface area contributed by atoms with Crippen LogP contribution in [-0.2, 0) is 4.79 Å². The zero-order valence-electron chi connectivity index (χ0n) is 12.6. The van der Waals surface area contributed by atoms with Crippen LogP contribution >= 0.6 is 11.6 Å². The summed E-state index contributed by atoms with van der Waals surface area (Å²) in [7, 11) is 0. The molecule has 1 N–H and O–H groups in total. The molecule has 6 heteroatoms. The lowest BCUT2D eigenvalue weighted by atomic mass is 10.1. The second-order valence-electron chi connectivity index (χ2n) is 4.95. The predicted molar refractivity (Wildman–Crippen MR) is 86.6 cm³/mol. The second-order valence-corrected chi connectivity index (χ2v) is 5.36. The van der Waals surface area contributed by atoms with Crippen molar-refractivity contribution in [2.75, 3.05) is 5.32 Å². The van der Waals surface area contributed by atoms with E-state index in [1.54, 1.807) is 31.2 Å². The van der Waals surface area contributed by atoms with E-state index in [1.165, 1.54) is 19.1 Å². The highest BCUT2D eigenvalue weighted by atomic mass is 35.5. The minimum atomic E-state index is -0.792. The van der Waals surface area contributed by atoms with Crippen LogP contribution in [0.1, 0.15) is 24.2 Å². The van der Waals surface area contributed by atoms with Gasteiger partial charge >= 0.3 is 0 Å². The van der Waals surface area contributed by atoms with Gasteiger partial charge in [-0.15, -0.1) is 0 Å². The Morgan fingerprint density at radius 3 is 2.39 bits per heavy atom. The number of Topliss-reactive ketones (excluding diaryl/α,β-unsaturated/α-hetero) is 1. The van der Waals surface area contributed by atoms with Crippen molar-refractivity contribution < 1.29 is 18.7 Å². The molecule has 1 amide bonds. The number of carbonyl (C=O) groups excluding carboxylic acids is 2. The largest absolute Gasteiger partial charge is 0.481 e. The monoisotopic (exact) mass is 335 g/mol. The van der Waals surface area contributed by atoms with Gasteiger partial charge in [0.05, 0.1) is 10.7 Å². The Morgan fingerprint density at radius 2 is 1.83 bits per heavy atom. The van der Waals surface area contributed by atoms with Gasteiger partial charge in [-0.1, -0.05) is 11.6 Å². The number of anilines is 1. The van der Waals surface area contributed by atoms with E-state index in [4.69, 9.17) is 16.3 Å². The Hall–Kier alpha value is -2.40. The van der Waals surface area contributed by atoms with E-state index >= 15 is 0 Å². The van der Waals surface area contributed by atoms with E-state index in [-0.39, 0.29) is 10.8 Å². The number of nitrogens with one attached hydrogen (secondary N) is 1. The normalized spacial score (nSPS) is 11.7. The van der Waals surface area contributed by atoms with E-state index in [0.717, 1.165) is 6.07 Å². The zero-order valence-corrected chi connectivity index (χ0v) is 13.4. The number of rotatable bonds is 5. The van der Waals surface area contributed by atoms with Crippen molar-refractivity contribution in [2.24, 2.45) is 0 Å². The first-order valence-electron chi connectivity index (χ1n) is 6.90. The van der Waals surface area contributed by atoms with E-state index in [0.29, 0.717) is 17.0 Å². The third kappa shape index (κ3) is 4.53. The topological polar surface area (TPSA) is 55.4 Å². The van der Waals surface area contributed by atoms with Crippen LogP contribution in [-0.4, -0.2) is 17.8 Å². The summed E-state index contributed by atoms with van der Waals surface area (Å²) in [6, 6.07) is 10.2. The van der Waals surface area contributed by atoms with Crippen molar-refractivity contribution in [1.29, 1.82) is 0 Å². The van der Waals surface area contributed by atoms with Crippen molar-refractivity contribution in [1.82, 2.24) is 0 Å². The summed E-state index contributed by atoms with van der Waals surface area (Å²) in [6.45, 7) is 3.05. The fraction of sp³-hybridized carbons (Fsp3) is 0.176. The summed E-state index contributed by atoms with van der Waals surface area (Å²) in [6.07, 6.45) is -0.792. The maximum absolute atomic E-state index is 13.0. The van der Waals surface area contributed by atoms with Gasteiger partial charge in [0, 0.05) is 5.56 Å². The van der Waals surface area contributed by atoms with E-state index < -0.39 is 17.8 Å². The van der Waals surface area contributed by atoms with Gasteiger partial charge in [0.15, 0.2) is 11.9 Å². The summed E-state index contributed by atoms with van der Waals surface area (Å²) < 4.78 is 18.5. The standard InChI is InChI=1S/C17H15ClFNO3/c1-10(21)12-3-6-14(7-4-12)23-11(2)17(22)20-16-8-5-13(19)9-15(16)18/h3-9,11H,1-2H3,(H,20,22). The van der Waals surface area contributed by atoms with Crippen LogP contribution in [0.3, 0.4) is 0 Å². The van der Waals surface area contributed by atoms with Crippen LogP contribution in [0.4, 0.5) is 10.1 Å². The van der Waals surface area contributed by atoms with Gasteiger partial charge in [-0.2, -0.15) is 0 Å². The minimum absolute atomic E-state index is 0.0479. The molecule has 0 spiro atoms. The minimum Gasteiger partial charge on any atom is -0.481 e. The van der Waals surface area contributed by atoms with Gasteiger partial charge in [0.1, 0.15) is 11.6 Å². The van der Waals surface area contributed by atoms with Crippen molar-refractivity contribution in [3.8, 4) is 5.75 Å². The molecule has 0 aromatic heterocycles. The molecule has 0 aliphatic carbocycles. The number of hydrogen-bond acceptors (Lipinski definition) is 3. The predicted octanol–water partition coefficient (Wildman–Crippen LogP) is 4.09. The van der Waals surface area contributed by atoms with Crippen LogP contribution in [0.15, 0.2) is 42.5 Å². The Kier molecular flexibility index (Phi) is 5.34. The Bertz CT molecular complexity index is 731. The molecule has 120 valence electrons. The number of ketones is 1. The quantitative estimate of drug-likeness (QED) is 0.837. The lowest BCUT2D eigenvalue weighted by Gasteiger charge is -2.15. The highest BCUT2D eigenvalue weighted by molar-refractivity contribution is 6.33. The van der Waals surface area contributed by atoms with Crippen LogP contribution in [0.5, 0.6) is 5.75 Å². The number of ether oxygens (including phenoxy) is 1. The molecular formula is C17H15ClFNO3. The molecule has 0 bridgehead atoms. The maximum Gasteiger partial charge on any atom is 0.265 e. The fourth-order valence-corrected chi connectivity index (χ4v) is 2.07. The number of hydrogen-bond donors (Lipinski definition) is 1. The molecule has 4 nitrogen and oxygen atoms in total. The van der Waals surface area contributed by atoms with Crippen molar-refractivity contribution in [3.63, 3.8) is 0 Å². The average molecular weight is 336 g/mol. The molecule has 2 rings (SSSR count). The molecule has 0 radical (unpaired) electrons. The van der Waals surface area contributed by atoms with Crippen LogP contribution in [0.2, 0.25) is 5.02 Å². The van der Waals surface area contributed by atoms with Gasteiger partial charge in [0.2, 0.25) is 0 Å². The van der Waals surface area contributed by atoms with Gasteiger partial charge < -0.3 is 10.1 Å². The van der Waals surface area contributed by atoms with Crippen LogP contribution in [0.25, 0.3) is 0 Å². The number of carbonyl (C=O) groups is 2. The summed E-state index contributed by atoms with van der Waals surface area (Å²) >= 11 is 5.86. The summed E-state index contributed by atoms with van der Waals surface area (Å²) in [5.41, 5.74) is 0.869. The summed E-state index contributed by atoms with van der Waals surface area (Å²) in [5, 5.41) is 2.68. The third-order valence-electron chi connectivity index (χ3n) is 3.13. The van der Waals surface area contributed by atoms with E-state index in [9.17, 15) is 14.0 Å². The van der Waals surface area contributed by atoms with Crippen molar-refractivity contribution >= 4 is 29.0 Å². The summed E-state index contributed by atoms with van der Waals surface area (Å²) in [5.74, 6) is -0.492. The molecule has 0 fully saturated rings. The molecular weight excluding hydrogens is 321 g/mol. The lowest BCUT2D eigenvalue weighted by molar-refractivity contribution is -0.122. The number of amides is 1. The first-order chi connectivity index (χ1) is 10.9. The van der Waals surface area contributed by atoms with Gasteiger partial charge in [-0.25, -0.2) is 4.39 Å². The Labute approximate surface area is 138 Å². The molecule has 2 aromatic rings. The molecule has 0 aliphatic heterocycles. The van der Waals surface area contributed by atoms with Crippen molar-refractivity contribution in [3.05, 3.63) is 58.9 Å². The summed E-state index contributed by atoms with van der Waals surface area (Å²) in [4.78, 5) is 23.3. The number of benzene rings is 2. The third-order valence-corrected chi connectivity index (χ3v) is 3.44. The second kappa shape index (κ2) is 7.24. The highest BCUT2D eigenvalue weighted by Crippen LogP contribution is 2.23. The lowest BCUT2D eigenvalue weighted by Crippen LogP contribution is -2.30. The molecule has 0 aliphatic rings. The first kappa shape index (κ1) is 17.0. The molecule has 1 atom stereocenters. The Balaban J connectivity index is 2.00. The van der Waals surface area contributed by atoms with E-state index in [1.807, 2.05) is 0 Å². The maximum atomic E-state index is 13.0. The van der Waals surface area contributed by atoms with Crippen LogP contribution < -0.4 is 10.1 Å².